The van der Waals surface area contributed by atoms with E-state index < -0.39 is 0 Å². The number of likely N-dealkylation sites (N-methyl/N-ethyl adjacent to an activating group) is 1. The van der Waals surface area contributed by atoms with Gasteiger partial charge in [-0.1, -0.05) is 29.8 Å². The van der Waals surface area contributed by atoms with Gasteiger partial charge in [-0.05, 0) is 26.5 Å². The molecule has 0 heterocycles. The Balaban J connectivity index is 2.96. The molecular weight excluding hydrogens is 214 g/mol. The molecule has 17 heavy (non-hydrogen) atoms. The van der Waals surface area contributed by atoms with Crippen molar-refractivity contribution in [2.75, 3.05) is 13.6 Å². The van der Waals surface area contributed by atoms with Gasteiger partial charge in [0.2, 0.25) is 5.91 Å². The third-order valence-corrected chi connectivity index (χ3v) is 2.76. The van der Waals surface area contributed by atoms with Crippen molar-refractivity contribution in [3.05, 3.63) is 35.4 Å². The van der Waals surface area contributed by atoms with Gasteiger partial charge in [0.05, 0.1) is 6.54 Å². The second-order valence-corrected chi connectivity index (χ2v) is 4.60. The van der Waals surface area contributed by atoms with Gasteiger partial charge in [-0.2, -0.15) is 0 Å². The fourth-order valence-electron chi connectivity index (χ4n) is 2.16. The smallest absolute Gasteiger partial charge is 0.231 e. The highest BCUT2D eigenvalue weighted by atomic mass is 16.1. The van der Waals surface area contributed by atoms with Crippen LogP contribution < -0.4 is 11.5 Å². The topological polar surface area (TPSA) is 72.3 Å². The number of carbonyl (C=O) groups is 1. The van der Waals surface area contributed by atoms with Crippen molar-refractivity contribution in [2.24, 2.45) is 11.5 Å². The van der Waals surface area contributed by atoms with Gasteiger partial charge in [0.1, 0.15) is 0 Å². The highest BCUT2D eigenvalue weighted by Gasteiger charge is 2.22. The van der Waals surface area contributed by atoms with E-state index in [-0.39, 0.29) is 24.5 Å². The summed E-state index contributed by atoms with van der Waals surface area (Å²) in [6.07, 6.45) is 0. The summed E-state index contributed by atoms with van der Waals surface area (Å²) in [5.41, 5.74) is 13.5. The maximum absolute atomic E-state index is 11.0. The largest absolute Gasteiger partial charge is 0.369 e. The fraction of sp³-hybridized carbons (Fsp3) is 0.462. The zero-order valence-corrected chi connectivity index (χ0v) is 10.7. The summed E-state index contributed by atoms with van der Waals surface area (Å²) in [6.45, 7) is 4.18. The number of benzene rings is 1. The maximum atomic E-state index is 11.0. The minimum absolute atomic E-state index is 0.00222. The first-order chi connectivity index (χ1) is 7.91. The summed E-state index contributed by atoms with van der Waals surface area (Å²) in [7, 11) is 1.86. The number of carbonyl (C=O) groups excluding carboxylic acids is 1. The SMILES string of the molecule is Cc1cccc(C(C(C)N)N(C)CC(N)=O)c1. The molecule has 1 rings (SSSR count). The Morgan fingerprint density at radius 3 is 2.59 bits per heavy atom. The van der Waals surface area contributed by atoms with E-state index in [1.165, 1.54) is 5.56 Å². The number of aryl methyl sites for hydroxylation is 1. The predicted octanol–water partition coefficient (Wildman–Crippen LogP) is 0.800. The van der Waals surface area contributed by atoms with Crippen LogP contribution in [0.25, 0.3) is 0 Å². The van der Waals surface area contributed by atoms with Crippen LogP contribution in [0.3, 0.4) is 0 Å². The van der Waals surface area contributed by atoms with Crippen LogP contribution in [0.15, 0.2) is 24.3 Å². The van der Waals surface area contributed by atoms with Gasteiger partial charge in [0, 0.05) is 12.1 Å². The predicted molar refractivity (Wildman–Crippen MR) is 69.4 cm³/mol. The Morgan fingerprint density at radius 2 is 2.12 bits per heavy atom. The van der Waals surface area contributed by atoms with Crippen LogP contribution in [-0.2, 0) is 4.79 Å². The average molecular weight is 235 g/mol. The molecule has 0 aliphatic heterocycles. The van der Waals surface area contributed by atoms with Crippen molar-refractivity contribution in [1.29, 1.82) is 0 Å². The van der Waals surface area contributed by atoms with Gasteiger partial charge >= 0.3 is 0 Å². The lowest BCUT2D eigenvalue weighted by Crippen LogP contribution is -2.41. The van der Waals surface area contributed by atoms with Crippen LogP contribution in [0.1, 0.15) is 24.1 Å². The number of primary amides is 1. The zero-order chi connectivity index (χ0) is 13.0. The van der Waals surface area contributed by atoms with Crippen molar-refractivity contribution in [2.45, 2.75) is 25.9 Å². The van der Waals surface area contributed by atoms with Crippen LogP contribution >= 0.6 is 0 Å². The molecule has 4 nitrogen and oxygen atoms in total. The van der Waals surface area contributed by atoms with Crippen molar-refractivity contribution in [1.82, 2.24) is 4.90 Å². The Labute approximate surface area is 103 Å². The zero-order valence-electron chi connectivity index (χ0n) is 10.7. The summed E-state index contributed by atoms with van der Waals surface area (Å²) in [5, 5.41) is 0. The second-order valence-electron chi connectivity index (χ2n) is 4.60. The third kappa shape index (κ3) is 3.84. The van der Waals surface area contributed by atoms with Gasteiger partial charge in [0.25, 0.3) is 0 Å². The Morgan fingerprint density at radius 1 is 1.47 bits per heavy atom. The molecule has 0 radical (unpaired) electrons. The quantitative estimate of drug-likeness (QED) is 0.793. The van der Waals surface area contributed by atoms with Crippen molar-refractivity contribution in [3.8, 4) is 0 Å². The summed E-state index contributed by atoms with van der Waals surface area (Å²) in [6, 6.07) is 8.08. The van der Waals surface area contributed by atoms with Gasteiger partial charge in [0.15, 0.2) is 0 Å². The standard InChI is InChI=1S/C13H21N3O/c1-9-5-4-6-11(7-9)13(10(2)14)16(3)8-12(15)17/h4-7,10,13H,8,14H2,1-3H3,(H2,15,17). The summed E-state index contributed by atoms with van der Waals surface area (Å²) in [5.74, 6) is -0.342. The van der Waals surface area contributed by atoms with E-state index in [9.17, 15) is 4.79 Å². The van der Waals surface area contributed by atoms with Gasteiger partial charge in [-0.25, -0.2) is 0 Å². The Bertz CT molecular complexity index is 390. The van der Waals surface area contributed by atoms with E-state index in [0.29, 0.717) is 0 Å². The third-order valence-electron chi connectivity index (χ3n) is 2.76. The Hall–Kier alpha value is -1.39. The first-order valence-electron chi connectivity index (χ1n) is 5.72. The minimum atomic E-state index is -0.342. The van der Waals surface area contributed by atoms with Gasteiger partial charge in [-0.3, -0.25) is 9.69 Å². The first kappa shape index (κ1) is 13.7. The first-order valence-corrected chi connectivity index (χ1v) is 5.72. The molecule has 1 amide bonds. The molecule has 1 aromatic carbocycles. The number of amides is 1. The van der Waals surface area contributed by atoms with Gasteiger partial charge < -0.3 is 11.5 Å². The lowest BCUT2D eigenvalue weighted by atomic mass is 9.98. The van der Waals surface area contributed by atoms with Gasteiger partial charge in [-0.15, -0.1) is 0 Å². The number of hydrogen-bond donors (Lipinski definition) is 2. The summed E-state index contributed by atoms with van der Waals surface area (Å²) >= 11 is 0. The van der Waals surface area contributed by atoms with Crippen LogP contribution in [0.5, 0.6) is 0 Å². The molecule has 0 aromatic heterocycles. The molecule has 0 aliphatic rings. The van der Waals surface area contributed by atoms with E-state index in [4.69, 9.17) is 11.5 Å². The molecule has 94 valence electrons. The average Bonchev–Trinajstić information content (AvgIpc) is 2.15. The lowest BCUT2D eigenvalue weighted by molar-refractivity contribution is -0.119. The summed E-state index contributed by atoms with van der Waals surface area (Å²) in [4.78, 5) is 12.9. The minimum Gasteiger partial charge on any atom is -0.369 e. The van der Waals surface area contributed by atoms with E-state index in [1.807, 2.05) is 44.0 Å². The number of hydrogen-bond acceptors (Lipinski definition) is 3. The monoisotopic (exact) mass is 235 g/mol. The molecule has 0 spiro atoms. The normalized spacial score (nSPS) is 14.6. The van der Waals surface area contributed by atoms with Crippen LogP contribution in [0.4, 0.5) is 0 Å². The molecule has 0 bridgehead atoms. The maximum Gasteiger partial charge on any atom is 0.231 e. The number of nitrogens with two attached hydrogens (primary N) is 2. The molecule has 0 aliphatic carbocycles. The lowest BCUT2D eigenvalue weighted by Gasteiger charge is -2.30. The number of nitrogens with zero attached hydrogens (tertiary/aromatic N) is 1. The molecular formula is C13H21N3O. The van der Waals surface area contributed by atoms with Crippen molar-refractivity contribution < 1.29 is 4.79 Å². The van der Waals surface area contributed by atoms with E-state index in [0.717, 1.165) is 5.56 Å². The number of rotatable bonds is 5. The van der Waals surface area contributed by atoms with Crippen LogP contribution in [0.2, 0.25) is 0 Å². The molecule has 1 aromatic rings. The molecule has 0 fully saturated rings. The molecule has 0 saturated carbocycles. The fourth-order valence-corrected chi connectivity index (χ4v) is 2.16. The van der Waals surface area contributed by atoms with E-state index in [1.54, 1.807) is 0 Å². The highest BCUT2D eigenvalue weighted by molar-refractivity contribution is 5.75. The Kier molecular flexibility index (Phi) is 4.66. The molecule has 0 saturated heterocycles. The molecule has 4 N–H and O–H groups in total. The summed E-state index contributed by atoms with van der Waals surface area (Å²) < 4.78 is 0. The highest BCUT2D eigenvalue weighted by Crippen LogP contribution is 2.22. The molecule has 2 unspecified atom stereocenters. The van der Waals surface area contributed by atoms with Crippen molar-refractivity contribution in [3.63, 3.8) is 0 Å². The van der Waals surface area contributed by atoms with Crippen LogP contribution in [-0.4, -0.2) is 30.4 Å². The van der Waals surface area contributed by atoms with Crippen LogP contribution in [0, 0.1) is 6.92 Å². The molecule has 4 heteroatoms. The van der Waals surface area contributed by atoms with E-state index >= 15 is 0 Å². The second kappa shape index (κ2) is 5.80. The van der Waals surface area contributed by atoms with E-state index in [2.05, 4.69) is 6.07 Å². The van der Waals surface area contributed by atoms with Crippen molar-refractivity contribution >= 4 is 5.91 Å². The molecule has 2 atom stereocenters.